The summed E-state index contributed by atoms with van der Waals surface area (Å²) >= 11 is 36.1. The Morgan fingerprint density at radius 2 is 1.37 bits per heavy atom. The van der Waals surface area contributed by atoms with E-state index in [1.54, 1.807) is 0 Å². The molecule has 19 heavy (non-hydrogen) atoms. The first-order valence-corrected chi connectivity index (χ1v) is 6.96. The van der Waals surface area contributed by atoms with E-state index in [4.69, 9.17) is 69.6 Å². The first-order chi connectivity index (χ1) is 8.41. The van der Waals surface area contributed by atoms with Gasteiger partial charge in [0.05, 0.1) is 10.1 Å². The van der Waals surface area contributed by atoms with Gasteiger partial charge >= 0.3 is 11.9 Å². The van der Waals surface area contributed by atoms with E-state index in [1.165, 1.54) is 0 Å². The highest BCUT2D eigenvalue weighted by atomic mass is 35.5. The third-order valence-corrected chi connectivity index (χ3v) is 7.87. The van der Waals surface area contributed by atoms with Gasteiger partial charge in [-0.05, 0) is 0 Å². The van der Waals surface area contributed by atoms with Gasteiger partial charge in [-0.2, -0.15) is 0 Å². The monoisotopic (exact) mass is 386 g/mol. The van der Waals surface area contributed by atoms with E-state index in [2.05, 4.69) is 0 Å². The van der Waals surface area contributed by atoms with E-state index in [9.17, 15) is 19.8 Å². The molecule has 2 unspecified atom stereocenters. The molecule has 0 aliphatic heterocycles. The summed E-state index contributed by atoms with van der Waals surface area (Å²) in [4.78, 5) is 18.7. The van der Waals surface area contributed by atoms with Crippen LogP contribution in [0.4, 0.5) is 0 Å². The second-order valence-electron chi connectivity index (χ2n) is 4.35. The Balaban J connectivity index is 2.89. The SMILES string of the molecule is O=C(O)C1(C(=O)O)CC2(Cl)C(Cl)=C(Cl)C1(Cl)C2(Cl)Cl. The predicted molar refractivity (Wildman–Crippen MR) is 72.7 cm³/mol. The summed E-state index contributed by atoms with van der Waals surface area (Å²) in [6, 6.07) is 0. The van der Waals surface area contributed by atoms with Crippen molar-refractivity contribution in [1.82, 2.24) is 0 Å². The number of alkyl halides is 4. The maximum Gasteiger partial charge on any atom is 0.323 e. The minimum absolute atomic E-state index is 0.242. The number of allylic oxidation sites excluding steroid dienone is 2. The number of hydrogen-bond donors (Lipinski definition) is 2. The average molecular weight is 389 g/mol. The van der Waals surface area contributed by atoms with Gasteiger partial charge < -0.3 is 10.2 Å². The normalized spacial score (nSPS) is 38.6. The Labute approximate surface area is 137 Å². The maximum absolute atomic E-state index is 11.5. The van der Waals surface area contributed by atoms with E-state index < -0.39 is 42.9 Å². The topological polar surface area (TPSA) is 74.6 Å². The molecule has 0 aromatic heterocycles. The molecule has 0 radical (unpaired) electrons. The molecule has 106 valence electrons. The highest BCUT2D eigenvalue weighted by Gasteiger charge is 2.88. The number of fused-ring (bicyclic) bond motifs is 2. The van der Waals surface area contributed by atoms with Crippen molar-refractivity contribution in [2.24, 2.45) is 5.41 Å². The number of halogens is 6. The molecule has 0 amide bonds. The van der Waals surface area contributed by atoms with Crippen LogP contribution in [-0.4, -0.2) is 36.2 Å². The Kier molecular flexibility index (Phi) is 3.32. The van der Waals surface area contributed by atoms with Crippen LogP contribution in [0.25, 0.3) is 0 Å². The first-order valence-electron chi connectivity index (χ1n) is 4.70. The number of hydrogen-bond acceptors (Lipinski definition) is 2. The third-order valence-electron chi connectivity index (χ3n) is 3.60. The lowest BCUT2D eigenvalue weighted by Crippen LogP contribution is -2.56. The predicted octanol–water partition coefficient (Wildman–Crippen LogP) is 3.38. The van der Waals surface area contributed by atoms with Gasteiger partial charge in [0, 0.05) is 6.42 Å². The fourth-order valence-corrected chi connectivity index (χ4v) is 5.45. The summed E-state index contributed by atoms with van der Waals surface area (Å²) in [6.07, 6.45) is -0.683. The molecular weight excluding hydrogens is 385 g/mol. The summed E-state index contributed by atoms with van der Waals surface area (Å²) in [7, 11) is 0. The molecule has 2 aliphatic carbocycles. The number of carboxylic acid groups (broad SMARTS) is 2. The van der Waals surface area contributed by atoms with Crippen molar-refractivity contribution in [2.75, 3.05) is 0 Å². The van der Waals surface area contributed by atoms with Gasteiger partial charge in [0.25, 0.3) is 0 Å². The average Bonchev–Trinajstić information content (AvgIpc) is 2.49. The van der Waals surface area contributed by atoms with E-state index >= 15 is 0 Å². The minimum Gasteiger partial charge on any atom is -0.480 e. The van der Waals surface area contributed by atoms with Gasteiger partial charge in [0.1, 0.15) is 9.75 Å². The number of aliphatic carboxylic acids is 2. The van der Waals surface area contributed by atoms with E-state index in [0.29, 0.717) is 0 Å². The third kappa shape index (κ3) is 1.32. The van der Waals surface area contributed by atoms with E-state index in [-0.39, 0.29) is 5.03 Å². The second-order valence-corrected chi connectivity index (χ2v) is 7.65. The molecule has 0 aromatic rings. The molecule has 0 spiro atoms. The highest BCUT2D eigenvalue weighted by molar-refractivity contribution is 6.66. The molecule has 0 saturated heterocycles. The van der Waals surface area contributed by atoms with Gasteiger partial charge in [-0.15, -0.1) is 23.2 Å². The molecule has 2 aliphatic rings. The van der Waals surface area contributed by atoms with Crippen molar-refractivity contribution in [3.05, 3.63) is 10.1 Å². The standard InChI is InChI=1S/C9H4Cl6O4/c10-2-3(11)8(13)6(4(16)17,5(18)19)1-7(2,12)9(8,14)15/h1H2,(H,16,17)(H,18,19). The van der Waals surface area contributed by atoms with Crippen molar-refractivity contribution < 1.29 is 19.8 Å². The van der Waals surface area contributed by atoms with Crippen LogP contribution < -0.4 is 0 Å². The zero-order valence-electron chi connectivity index (χ0n) is 8.69. The van der Waals surface area contributed by atoms with Crippen LogP contribution in [-0.2, 0) is 9.59 Å². The van der Waals surface area contributed by atoms with Crippen LogP contribution in [0.2, 0.25) is 0 Å². The molecule has 4 nitrogen and oxygen atoms in total. The molecule has 2 N–H and O–H groups in total. The summed E-state index contributed by atoms with van der Waals surface area (Å²) in [5, 5.41) is 17.9. The summed E-state index contributed by atoms with van der Waals surface area (Å²) in [5.74, 6) is -3.49. The summed E-state index contributed by atoms with van der Waals surface area (Å²) in [6.45, 7) is 0. The molecule has 1 saturated carbocycles. The smallest absolute Gasteiger partial charge is 0.323 e. The van der Waals surface area contributed by atoms with Crippen LogP contribution in [0.1, 0.15) is 6.42 Å². The molecular formula is C9H4Cl6O4. The molecule has 1 fully saturated rings. The van der Waals surface area contributed by atoms with Crippen LogP contribution in [0.5, 0.6) is 0 Å². The Morgan fingerprint density at radius 3 is 1.63 bits per heavy atom. The Morgan fingerprint density at radius 1 is 0.947 bits per heavy atom. The quantitative estimate of drug-likeness (QED) is 0.561. The first kappa shape index (κ1) is 15.8. The van der Waals surface area contributed by atoms with Crippen molar-refractivity contribution >= 4 is 81.5 Å². The van der Waals surface area contributed by atoms with Gasteiger partial charge in [0.15, 0.2) is 9.75 Å². The zero-order valence-corrected chi connectivity index (χ0v) is 13.2. The minimum atomic E-state index is -2.57. The number of rotatable bonds is 2. The molecule has 0 aromatic carbocycles. The fraction of sp³-hybridized carbons (Fsp3) is 0.556. The lowest BCUT2D eigenvalue weighted by molar-refractivity contribution is -0.165. The summed E-state index contributed by atoms with van der Waals surface area (Å²) in [5.41, 5.74) is -2.57. The lowest BCUT2D eigenvalue weighted by atomic mass is 9.74. The largest absolute Gasteiger partial charge is 0.480 e. The van der Waals surface area contributed by atoms with Crippen LogP contribution in [0.15, 0.2) is 10.1 Å². The summed E-state index contributed by atoms with van der Waals surface area (Å²) < 4.78 is -2.19. The van der Waals surface area contributed by atoms with E-state index in [1.807, 2.05) is 0 Å². The fourth-order valence-electron chi connectivity index (χ4n) is 2.54. The van der Waals surface area contributed by atoms with Crippen molar-refractivity contribution in [2.45, 2.75) is 20.5 Å². The highest BCUT2D eigenvalue weighted by Crippen LogP contribution is 2.78. The maximum atomic E-state index is 11.5. The number of carbonyl (C=O) groups is 2. The Hall–Kier alpha value is 0.420. The van der Waals surface area contributed by atoms with Crippen LogP contribution >= 0.6 is 69.6 Å². The van der Waals surface area contributed by atoms with Gasteiger partial charge in [-0.1, -0.05) is 46.4 Å². The van der Waals surface area contributed by atoms with Crippen LogP contribution in [0.3, 0.4) is 0 Å². The molecule has 2 atom stereocenters. The van der Waals surface area contributed by atoms with Gasteiger partial charge in [-0.3, -0.25) is 9.59 Å². The van der Waals surface area contributed by atoms with Crippen molar-refractivity contribution in [1.29, 1.82) is 0 Å². The van der Waals surface area contributed by atoms with Crippen LogP contribution in [0, 0.1) is 5.41 Å². The molecule has 2 rings (SSSR count). The lowest BCUT2D eigenvalue weighted by Gasteiger charge is -2.37. The zero-order chi connectivity index (χ0) is 15.0. The Bertz CT molecular complexity index is 529. The molecule has 0 heterocycles. The van der Waals surface area contributed by atoms with Gasteiger partial charge in [0.2, 0.25) is 0 Å². The van der Waals surface area contributed by atoms with Crippen molar-refractivity contribution in [3.63, 3.8) is 0 Å². The van der Waals surface area contributed by atoms with Gasteiger partial charge in [-0.25, -0.2) is 0 Å². The second kappa shape index (κ2) is 3.99. The number of carboxylic acids is 2. The van der Waals surface area contributed by atoms with Crippen molar-refractivity contribution in [3.8, 4) is 0 Å². The molecule has 2 bridgehead atoms. The van der Waals surface area contributed by atoms with E-state index in [0.717, 1.165) is 0 Å². The molecule has 10 heteroatoms.